The van der Waals surface area contributed by atoms with E-state index >= 15 is 0 Å². The minimum absolute atomic E-state index is 0.0651. The molecule has 218 valence electrons. The molecule has 4 rings (SSSR count). The van der Waals surface area contributed by atoms with Crippen molar-refractivity contribution >= 4 is 52.4 Å². The van der Waals surface area contributed by atoms with E-state index in [1.807, 2.05) is 20.8 Å². The molecule has 1 aliphatic heterocycles. The van der Waals surface area contributed by atoms with Crippen molar-refractivity contribution in [2.75, 3.05) is 6.54 Å². The Labute approximate surface area is 242 Å². The summed E-state index contributed by atoms with van der Waals surface area (Å²) in [6.45, 7) is 6.30. The molecule has 9 heteroatoms. The first-order valence-electron chi connectivity index (χ1n) is 14.8. The van der Waals surface area contributed by atoms with Gasteiger partial charge in [-0.3, -0.25) is 24.0 Å². The molecule has 0 radical (unpaired) electrons. The fourth-order valence-corrected chi connectivity index (χ4v) is 8.12. The van der Waals surface area contributed by atoms with Crippen molar-refractivity contribution in [2.45, 2.75) is 108 Å². The molecule has 0 spiro atoms. The second kappa shape index (κ2) is 11.8. The number of hydrogen-bond acceptors (Lipinski definition) is 5. The second-order valence-electron chi connectivity index (χ2n) is 13.9. The molecule has 39 heavy (non-hydrogen) atoms. The number of hydrogen-bond donors (Lipinski definition) is 1. The summed E-state index contributed by atoms with van der Waals surface area (Å²) < 4.78 is -1.10. The van der Waals surface area contributed by atoms with Gasteiger partial charge in [0.15, 0.2) is 5.78 Å². The lowest BCUT2D eigenvalue weighted by atomic mass is 9.75. The number of fused-ring (bicyclic) bond motifs is 1. The average molecular weight is 584 g/mol. The second-order valence-corrected chi connectivity index (χ2v) is 15.3. The Balaban J connectivity index is 1.55. The van der Waals surface area contributed by atoms with E-state index in [0.717, 1.165) is 51.4 Å². The van der Waals surface area contributed by atoms with Crippen LogP contribution in [-0.4, -0.2) is 51.0 Å². The number of carbonyl (C=O) groups excluding carboxylic acids is 5. The molecule has 7 nitrogen and oxygen atoms in total. The summed E-state index contributed by atoms with van der Waals surface area (Å²) in [6, 6.07) is -0.856. The Morgan fingerprint density at radius 1 is 0.949 bits per heavy atom. The van der Waals surface area contributed by atoms with Crippen molar-refractivity contribution in [1.29, 1.82) is 0 Å². The van der Waals surface area contributed by atoms with E-state index in [-0.39, 0.29) is 54.1 Å². The molecule has 3 aliphatic carbocycles. The molecule has 1 unspecified atom stereocenters. The average Bonchev–Trinajstić information content (AvgIpc) is 3.15. The van der Waals surface area contributed by atoms with Gasteiger partial charge >= 0.3 is 0 Å². The highest BCUT2D eigenvalue weighted by Gasteiger charge is 2.73. The highest BCUT2D eigenvalue weighted by molar-refractivity contribution is 6.51. The minimum atomic E-state index is -1.10. The first kappa shape index (κ1) is 30.5. The van der Waals surface area contributed by atoms with Crippen molar-refractivity contribution in [3.63, 3.8) is 0 Å². The summed E-state index contributed by atoms with van der Waals surface area (Å²) in [6.07, 6.45) is 8.82. The monoisotopic (exact) mass is 582 g/mol. The molecule has 4 aliphatic rings. The van der Waals surface area contributed by atoms with Crippen LogP contribution in [0.2, 0.25) is 0 Å². The molecule has 0 aromatic carbocycles. The van der Waals surface area contributed by atoms with Crippen LogP contribution in [0.3, 0.4) is 0 Å². The maximum atomic E-state index is 14.2. The highest BCUT2D eigenvalue weighted by Crippen LogP contribution is 2.66. The zero-order chi connectivity index (χ0) is 28.7. The van der Waals surface area contributed by atoms with Crippen molar-refractivity contribution in [3.8, 4) is 0 Å². The van der Waals surface area contributed by atoms with Gasteiger partial charge in [-0.05, 0) is 36.5 Å². The first-order valence-corrected chi connectivity index (χ1v) is 15.5. The number of amides is 2. The lowest BCUT2D eigenvalue weighted by molar-refractivity contribution is -0.146. The summed E-state index contributed by atoms with van der Waals surface area (Å²) in [5, 5.41) is 0. The fraction of sp³-hybridized carbons (Fsp3) is 0.833. The third-order valence-electron chi connectivity index (χ3n) is 9.56. The number of ketones is 3. The number of halogens is 2. The molecule has 1 saturated heterocycles. The first-order chi connectivity index (χ1) is 18.2. The largest absolute Gasteiger partial charge is 0.363 e. The maximum Gasteiger partial charge on any atom is 0.285 e. The Morgan fingerprint density at radius 2 is 1.59 bits per heavy atom. The number of rotatable bonds is 12. The Morgan fingerprint density at radius 3 is 2.13 bits per heavy atom. The number of likely N-dealkylation sites (tertiary alicyclic amines) is 1. The van der Waals surface area contributed by atoms with Gasteiger partial charge in [0.25, 0.3) is 5.91 Å². The van der Waals surface area contributed by atoms with Crippen molar-refractivity contribution in [3.05, 3.63) is 0 Å². The zero-order valence-corrected chi connectivity index (χ0v) is 25.1. The Bertz CT molecular complexity index is 996. The van der Waals surface area contributed by atoms with E-state index in [9.17, 15) is 24.0 Å². The number of carbonyl (C=O) groups is 5. The number of nitrogens with two attached hydrogens (primary N) is 1. The summed E-state index contributed by atoms with van der Waals surface area (Å²) in [5.41, 5.74) is 5.15. The van der Waals surface area contributed by atoms with Crippen LogP contribution in [0, 0.1) is 40.9 Å². The number of nitrogens with zero attached hydrogens (tertiary/aromatic N) is 1. The maximum absolute atomic E-state index is 14.2. The van der Waals surface area contributed by atoms with Gasteiger partial charge in [0.1, 0.15) is 10.1 Å². The molecular weight excluding hydrogens is 539 g/mol. The standard InChI is InChI=1S/C30H44Cl2N2O5/c1-29(2,3)15-20(35)14-21(18-10-5-4-6-11-18)28(39)34-16-22-24(30(22,31)32)25(34)23(36)13-19(26(37)27(33)38)12-17-8-7-9-17/h17-19,21-22,24-25H,4-16H2,1-3H3,(H2,33,38)/t19?,21-,22-,24-,25+/m0/s1. The molecule has 0 aromatic heterocycles. The Hall–Kier alpha value is -1.47. The third kappa shape index (κ3) is 6.89. The van der Waals surface area contributed by atoms with Crippen molar-refractivity contribution < 1.29 is 24.0 Å². The summed E-state index contributed by atoms with van der Waals surface area (Å²) >= 11 is 13.1. The van der Waals surface area contributed by atoms with E-state index in [1.165, 1.54) is 0 Å². The van der Waals surface area contributed by atoms with Crippen LogP contribution < -0.4 is 5.73 Å². The number of piperidine rings is 1. The van der Waals surface area contributed by atoms with Gasteiger partial charge in [0.05, 0.1) is 6.04 Å². The molecule has 2 N–H and O–H groups in total. The topological polar surface area (TPSA) is 115 Å². The van der Waals surface area contributed by atoms with Crippen LogP contribution in [-0.2, 0) is 24.0 Å². The molecule has 3 saturated carbocycles. The van der Waals surface area contributed by atoms with Crippen LogP contribution >= 0.6 is 23.2 Å². The molecule has 1 heterocycles. The van der Waals surface area contributed by atoms with Crippen LogP contribution in [0.15, 0.2) is 0 Å². The summed E-state index contributed by atoms with van der Waals surface area (Å²) in [7, 11) is 0. The smallest absolute Gasteiger partial charge is 0.285 e. The van der Waals surface area contributed by atoms with E-state index < -0.39 is 39.8 Å². The molecule has 0 bridgehead atoms. The molecule has 5 atom stereocenters. The zero-order valence-electron chi connectivity index (χ0n) is 23.6. The quantitative estimate of drug-likeness (QED) is 0.256. The lowest BCUT2D eigenvalue weighted by Crippen LogP contribution is -2.50. The lowest BCUT2D eigenvalue weighted by Gasteiger charge is -2.36. The summed E-state index contributed by atoms with van der Waals surface area (Å²) in [4.78, 5) is 67.1. The van der Waals surface area contributed by atoms with Crippen LogP contribution in [0.1, 0.15) is 97.8 Å². The van der Waals surface area contributed by atoms with E-state index in [2.05, 4.69) is 0 Å². The van der Waals surface area contributed by atoms with Gasteiger partial charge in [-0.15, -0.1) is 23.2 Å². The van der Waals surface area contributed by atoms with Crippen molar-refractivity contribution in [2.24, 2.45) is 46.7 Å². The molecular formula is C30H44Cl2N2O5. The van der Waals surface area contributed by atoms with Gasteiger partial charge in [-0.2, -0.15) is 0 Å². The predicted octanol–water partition coefficient (Wildman–Crippen LogP) is 5.03. The predicted molar refractivity (Wildman–Crippen MR) is 150 cm³/mol. The molecule has 0 aromatic rings. The number of alkyl halides is 2. The third-order valence-corrected chi connectivity index (χ3v) is 10.6. The molecule has 2 amide bonds. The minimum Gasteiger partial charge on any atom is -0.363 e. The van der Waals surface area contributed by atoms with Crippen LogP contribution in [0.25, 0.3) is 0 Å². The van der Waals surface area contributed by atoms with Gasteiger partial charge in [0.2, 0.25) is 11.7 Å². The Kier molecular flexibility index (Phi) is 9.22. The molecule has 4 fully saturated rings. The van der Waals surface area contributed by atoms with E-state index in [1.54, 1.807) is 4.90 Å². The van der Waals surface area contributed by atoms with Crippen LogP contribution in [0.5, 0.6) is 0 Å². The normalized spacial score (nSPS) is 28.2. The van der Waals surface area contributed by atoms with Gasteiger partial charge < -0.3 is 10.6 Å². The fourth-order valence-electron chi connectivity index (χ4n) is 7.30. The van der Waals surface area contributed by atoms with Gasteiger partial charge in [-0.1, -0.05) is 59.3 Å². The van der Waals surface area contributed by atoms with Crippen LogP contribution in [0.4, 0.5) is 0 Å². The SMILES string of the molecule is CC(C)(C)CC(=O)C[C@H](C(=O)N1C[C@H]2[C@@H]([C@H]1C(=O)CC(CC1CCC1)C(=O)C(N)=O)C2(Cl)Cl)C1CCCCC1. The summed E-state index contributed by atoms with van der Waals surface area (Å²) in [5.74, 6) is -3.68. The van der Waals surface area contributed by atoms with Gasteiger partial charge in [0, 0.05) is 49.5 Å². The van der Waals surface area contributed by atoms with Crippen molar-refractivity contribution in [1.82, 2.24) is 4.90 Å². The van der Waals surface area contributed by atoms with Gasteiger partial charge in [-0.25, -0.2) is 0 Å². The number of Topliss-reactive ketones (excluding diaryl/α,β-unsaturated/α-hetero) is 3. The van der Waals surface area contributed by atoms with E-state index in [4.69, 9.17) is 28.9 Å². The number of primary amides is 1. The van der Waals surface area contributed by atoms with E-state index in [0.29, 0.717) is 18.8 Å². The highest BCUT2D eigenvalue weighted by atomic mass is 35.5.